The standard InChI is InChI=1S/C17H15Cl2N3O5S/c18-15-5-2-6-16(19)14(15)7-8-17(23)20-9-10-21-28(26,27)13-4-1-3-12(11-13)22(24)25/h1-8,11,21H,9-10H2,(H,20,23)/b8-7+. The first-order chi connectivity index (χ1) is 13.2. The number of nitro groups is 1. The SMILES string of the molecule is O=C(/C=C/c1c(Cl)cccc1Cl)NCCNS(=O)(=O)c1cccc([N+](=O)[O-])c1. The summed E-state index contributed by atoms with van der Waals surface area (Å²) < 4.78 is 26.6. The topological polar surface area (TPSA) is 118 Å². The maximum Gasteiger partial charge on any atom is 0.270 e. The molecule has 0 spiro atoms. The number of sulfonamides is 1. The second-order valence-corrected chi connectivity index (χ2v) is 7.99. The lowest BCUT2D eigenvalue weighted by molar-refractivity contribution is -0.385. The van der Waals surface area contributed by atoms with Crippen molar-refractivity contribution in [2.75, 3.05) is 13.1 Å². The van der Waals surface area contributed by atoms with Crippen LogP contribution in [0.15, 0.2) is 53.4 Å². The van der Waals surface area contributed by atoms with Gasteiger partial charge in [0.2, 0.25) is 15.9 Å². The lowest BCUT2D eigenvalue weighted by atomic mass is 10.2. The van der Waals surface area contributed by atoms with E-state index in [1.54, 1.807) is 18.2 Å². The zero-order chi connectivity index (χ0) is 20.7. The van der Waals surface area contributed by atoms with Gasteiger partial charge < -0.3 is 5.32 Å². The normalized spacial score (nSPS) is 11.5. The molecule has 11 heteroatoms. The summed E-state index contributed by atoms with van der Waals surface area (Å²) in [6, 6.07) is 9.61. The number of nitrogens with one attached hydrogen (secondary N) is 2. The first-order valence-corrected chi connectivity index (χ1v) is 10.1. The molecule has 2 aromatic rings. The zero-order valence-corrected chi connectivity index (χ0v) is 16.6. The average Bonchev–Trinajstić information content (AvgIpc) is 2.65. The van der Waals surface area contributed by atoms with Crippen LogP contribution in [0.4, 0.5) is 5.69 Å². The minimum absolute atomic E-state index is 0.00752. The highest BCUT2D eigenvalue weighted by Gasteiger charge is 2.17. The van der Waals surface area contributed by atoms with E-state index < -0.39 is 20.9 Å². The van der Waals surface area contributed by atoms with Crippen LogP contribution < -0.4 is 10.0 Å². The molecule has 0 atom stereocenters. The van der Waals surface area contributed by atoms with Crippen LogP contribution in [0, 0.1) is 10.1 Å². The number of rotatable bonds is 8. The summed E-state index contributed by atoms with van der Waals surface area (Å²) >= 11 is 12.0. The van der Waals surface area contributed by atoms with Crippen molar-refractivity contribution < 1.29 is 18.1 Å². The molecule has 0 aromatic heterocycles. The fraction of sp³-hybridized carbons (Fsp3) is 0.118. The Morgan fingerprint density at radius 2 is 1.75 bits per heavy atom. The van der Waals surface area contributed by atoms with E-state index in [0.717, 1.165) is 6.07 Å². The van der Waals surface area contributed by atoms with Gasteiger partial charge in [0, 0.05) is 46.9 Å². The second-order valence-electron chi connectivity index (χ2n) is 5.41. The van der Waals surface area contributed by atoms with Crippen molar-refractivity contribution in [1.29, 1.82) is 0 Å². The van der Waals surface area contributed by atoms with Crippen LogP contribution in [0.1, 0.15) is 5.56 Å². The molecule has 0 saturated heterocycles. The van der Waals surface area contributed by atoms with Gasteiger partial charge in [-0.25, -0.2) is 13.1 Å². The molecule has 2 rings (SSSR count). The van der Waals surface area contributed by atoms with Gasteiger partial charge in [-0.3, -0.25) is 14.9 Å². The molecule has 2 N–H and O–H groups in total. The number of amides is 1. The number of halogens is 2. The van der Waals surface area contributed by atoms with E-state index in [0.29, 0.717) is 15.6 Å². The molecule has 1 amide bonds. The van der Waals surface area contributed by atoms with Crippen LogP contribution >= 0.6 is 23.2 Å². The fourth-order valence-corrected chi connectivity index (χ4v) is 3.70. The number of carbonyl (C=O) groups excluding carboxylic acids is 1. The molecule has 0 fully saturated rings. The number of hydrogen-bond donors (Lipinski definition) is 2. The molecule has 28 heavy (non-hydrogen) atoms. The van der Waals surface area contributed by atoms with Crippen molar-refractivity contribution in [3.05, 3.63) is 74.3 Å². The lowest BCUT2D eigenvalue weighted by Crippen LogP contribution is -2.34. The Balaban J connectivity index is 1.88. The largest absolute Gasteiger partial charge is 0.351 e. The lowest BCUT2D eigenvalue weighted by Gasteiger charge is -2.07. The molecule has 0 unspecified atom stereocenters. The van der Waals surface area contributed by atoms with Crippen molar-refractivity contribution in [2.24, 2.45) is 0 Å². The molecular formula is C17H15Cl2N3O5S. The summed E-state index contributed by atoms with van der Waals surface area (Å²) in [6.45, 7) is -0.0922. The molecule has 0 aliphatic heterocycles. The van der Waals surface area contributed by atoms with Gasteiger partial charge in [-0.05, 0) is 24.3 Å². The van der Waals surface area contributed by atoms with E-state index in [4.69, 9.17) is 23.2 Å². The van der Waals surface area contributed by atoms with Gasteiger partial charge in [0.1, 0.15) is 0 Å². The van der Waals surface area contributed by atoms with Crippen LogP contribution in [-0.4, -0.2) is 32.3 Å². The minimum atomic E-state index is -3.94. The summed E-state index contributed by atoms with van der Waals surface area (Å²) in [7, 11) is -3.94. The molecular weight excluding hydrogens is 429 g/mol. The molecule has 2 aromatic carbocycles. The molecule has 0 radical (unpaired) electrons. The maximum absolute atomic E-state index is 12.1. The minimum Gasteiger partial charge on any atom is -0.351 e. The van der Waals surface area contributed by atoms with Crippen molar-refractivity contribution in [1.82, 2.24) is 10.0 Å². The Morgan fingerprint density at radius 1 is 1.11 bits per heavy atom. The van der Waals surface area contributed by atoms with E-state index >= 15 is 0 Å². The van der Waals surface area contributed by atoms with E-state index in [1.807, 2.05) is 0 Å². The number of nitro benzene ring substituents is 1. The molecule has 0 saturated carbocycles. The Bertz CT molecular complexity index is 1000. The number of nitrogens with zero attached hydrogens (tertiary/aromatic N) is 1. The smallest absolute Gasteiger partial charge is 0.270 e. The monoisotopic (exact) mass is 443 g/mol. The van der Waals surface area contributed by atoms with E-state index in [1.165, 1.54) is 30.4 Å². The summed E-state index contributed by atoms with van der Waals surface area (Å²) in [4.78, 5) is 21.6. The summed E-state index contributed by atoms with van der Waals surface area (Å²) in [5.41, 5.74) is 0.159. The first-order valence-electron chi connectivity index (χ1n) is 7.85. The number of non-ortho nitro benzene ring substituents is 1. The van der Waals surface area contributed by atoms with Gasteiger partial charge >= 0.3 is 0 Å². The predicted molar refractivity (Wildman–Crippen MR) is 107 cm³/mol. The Hall–Kier alpha value is -2.46. The Labute approximate surface area is 171 Å². The average molecular weight is 444 g/mol. The Kier molecular flexibility index (Phi) is 7.53. The highest BCUT2D eigenvalue weighted by Crippen LogP contribution is 2.25. The maximum atomic E-state index is 12.1. The summed E-state index contributed by atoms with van der Waals surface area (Å²) in [6.07, 6.45) is 2.68. The van der Waals surface area contributed by atoms with Crippen LogP contribution in [0.5, 0.6) is 0 Å². The Morgan fingerprint density at radius 3 is 2.39 bits per heavy atom. The number of hydrogen-bond acceptors (Lipinski definition) is 5. The van der Waals surface area contributed by atoms with Gasteiger partial charge in [0.15, 0.2) is 0 Å². The first kappa shape index (κ1) is 21.8. The molecule has 0 aliphatic rings. The van der Waals surface area contributed by atoms with Crippen molar-refractivity contribution >= 4 is 50.9 Å². The van der Waals surface area contributed by atoms with Crippen LogP contribution in [-0.2, 0) is 14.8 Å². The molecule has 148 valence electrons. The highest BCUT2D eigenvalue weighted by molar-refractivity contribution is 7.89. The van der Waals surface area contributed by atoms with E-state index in [9.17, 15) is 23.3 Å². The van der Waals surface area contributed by atoms with Crippen LogP contribution in [0.3, 0.4) is 0 Å². The van der Waals surface area contributed by atoms with Crippen LogP contribution in [0.25, 0.3) is 6.08 Å². The van der Waals surface area contributed by atoms with E-state index in [2.05, 4.69) is 10.0 Å². The summed E-state index contributed by atoms with van der Waals surface area (Å²) in [5.74, 6) is -0.467. The van der Waals surface area contributed by atoms with Gasteiger partial charge in [-0.1, -0.05) is 35.3 Å². The van der Waals surface area contributed by atoms with Crippen molar-refractivity contribution in [3.8, 4) is 0 Å². The molecule has 0 bridgehead atoms. The second kappa shape index (κ2) is 9.65. The van der Waals surface area contributed by atoms with Crippen LogP contribution in [0.2, 0.25) is 10.0 Å². The molecule has 8 nitrogen and oxygen atoms in total. The highest BCUT2D eigenvalue weighted by atomic mass is 35.5. The third-order valence-electron chi connectivity index (χ3n) is 3.46. The van der Waals surface area contributed by atoms with Crippen molar-refractivity contribution in [2.45, 2.75) is 4.90 Å². The number of benzene rings is 2. The van der Waals surface area contributed by atoms with Gasteiger partial charge in [-0.15, -0.1) is 0 Å². The third-order valence-corrected chi connectivity index (χ3v) is 5.57. The third kappa shape index (κ3) is 6.03. The number of carbonyl (C=O) groups is 1. The fourth-order valence-electron chi connectivity index (χ4n) is 2.11. The van der Waals surface area contributed by atoms with Gasteiger partial charge in [0.05, 0.1) is 9.82 Å². The van der Waals surface area contributed by atoms with Gasteiger partial charge in [-0.2, -0.15) is 0 Å². The molecule has 0 heterocycles. The molecule has 0 aliphatic carbocycles. The van der Waals surface area contributed by atoms with Crippen molar-refractivity contribution in [3.63, 3.8) is 0 Å². The predicted octanol–water partition coefficient (Wildman–Crippen LogP) is 3.01. The van der Waals surface area contributed by atoms with E-state index in [-0.39, 0.29) is 23.7 Å². The zero-order valence-electron chi connectivity index (χ0n) is 14.3. The van der Waals surface area contributed by atoms with Gasteiger partial charge in [0.25, 0.3) is 5.69 Å². The summed E-state index contributed by atoms with van der Waals surface area (Å²) in [5, 5.41) is 14.0. The quantitative estimate of drug-likeness (QED) is 0.281.